The molecule has 30 heavy (non-hydrogen) atoms. The number of alkyl halides is 3. The molecule has 1 N–H and O–H groups in total. The van der Waals surface area contributed by atoms with Gasteiger partial charge in [-0.05, 0) is 30.3 Å². The van der Waals surface area contributed by atoms with Crippen molar-refractivity contribution in [1.82, 2.24) is 9.78 Å². The summed E-state index contributed by atoms with van der Waals surface area (Å²) in [5.41, 5.74) is -1.19. The molecular weight excluding hydrogens is 411 g/mol. The van der Waals surface area contributed by atoms with Crippen molar-refractivity contribution >= 4 is 11.6 Å². The van der Waals surface area contributed by atoms with Gasteiger partial charge in [-0.3, -0.25) is 4.79 Å². The van der Waals surface area contributed by atoms with Gasteiger partial charge in [-0.15, -0.1) is 5.10 Å². The molecule has 0 saturated heterocycles. The van der Waals surface area contributed by atoms with Gasteiger partial charge in [0.2, 0.25) is 5.91 Å². The van der Waals surface area contributed by atoms with Gasteiger partial charge < -0.3 is 23.6 Å². The first-order valence-electron chi connectivity index (χ1n) is 8.52. The molecule has 12 heteroatoms. The Bertz CT molecular complexity index is 1060. The van der Waals surface area contributed by atoms with Gasteiger partial charge in [-0.2, -0.15) is 17.9 Å². The van der Waals surface area contributed by atoms with Crippen molar-refractivity contribution in [2.75, 3.05) is 25.6 Å². The molecule has 2 aromatic heterocycles. The van der Waals surface area contributed by atoms with Crippen LogP contribution in [0.5, 0.6) is 5.75 Å². The van der Waals surface area contributed by atoms with E-state index in [2.05, 4.69) is 10.4 Å². The molecule has 160 valence electrons. The number of ether oxygens (including phenoxy) is 2. The van der Waals surface area contributed by atoms with Crippen LogP contribution in [0.4, 0.5) is 18.9 Å². The second kappa shape index (κ2) is 8.86. The second-order valence-electron chi connectivity index (χ2n) is 5.91. The topological polar surface area (TPSA) is 109 Å². The first-order chi connectivity index (χ1) is 14.3. The van der Waals surface area contributed by atoms with Gasteiger partial charge in [0.25, 0.3) is 5.89 Å². The molecule has 3 rings (SSSR count). The molecular formula is C18H16F3N3O6. The Morgan fingerprint density at radius 1 is 1.27 bits per heavy atom. The fourth-order valence-electron chi connectivity index (χ4n) is 2.40. The van der Waals surface area contributed by atoms with Crippen LogP contribution in [0.2, 0.25) is 0 Å². The fraction of sp³-hybridized carbons (Fsp3) is 0.278. The smallest absolute Gasteiger partial charge is 0.437 e. The highest BCUT2D eigenvalue weighted by Crippen LogP contribution is 2.35. The molecule has 0 atom stereocenters. The third-order valence-corrected chi connectivity index (χ3v) is 3.76. The molecule has 0 aliphatic rings. The van der Waals surface area contributed by atoms with Crippen LogP contribution in [-0.4, -0.2) is 36.0 Å². The zero-order valence-electron chi connectivity index (χ0n) is 15.6. The molecule has 0 aliphatic carbocycles. The molecule has 2 heterocycles. The van der Waals surface area contributed by atoms with E-state index in [0.717, 1.165) is 18.2 Å². The molecule has 0 fully saturated rings. The van der Waals surface area contributed by atoms with Gasteiger partial charge in [-0.1, -0.05) is 0 Å². The number of hydrogen-bond donors (Lipinski definition) is 1. The summed E-state index contributed by atoms with van der Waals surface area (Å²) >= 11 is 0. The molecule has 1 amide bonds. The Labute approximate surface area is 167 Å². The zero-order valence-corrected chi connectivity index (χ0v) is 15.6. The predicted octanol–water partition coefficient (Wildman–Crippen LogP) is 2.78. The Morgan fingerprint density at radius 2 is 2.07 bits per heavy atom. The van der Waals surface area contributed by atoms with E-state index >= 15 is 0 Å². The molecule has 0 spiro atoms. The van der Waals surface area contributed by atoms with Crippen molar-refractivity contribution in [3.63, 3.8) is 0 Å². The molecule has 0 aliphatic heterocycles. The van der Waals surface area contributed by atoms with Crippen molar-refractivity contribution < 1.29 is 36.3 Å². The average molecular weight is 427 g/mol. The minimum atomic E-state index is -4.62. The van der Waals surface area contributed by atoms with Crippen LogP contribution in [0.1, 0.15) is 5.56 Å². The van der Waals surface area contributed by atoms with Gasteiger partial charge in [0.15, 0.2) is 5.76 Å². The van der Waals surface area contributed by atoms with Crippen molar-refractivity contribution in [2.45, 2.75) is 12.7 Å². The van der Waals surface area contributed by atoms with E-state index in [-0.39, 0.29) is 36.3 Å². The Kier molecular flexibility index (Phi) is 6.26. The average Bonchev–Trinajstić information content (AvgIpc) is 3.32. The summed E-state index contributed by atoms with van der Waals surface area (Å²) in [5, 5.41) is 6.13. The number of carbonyl (C=O) groups excluding carboxylic acids is 1. The first-order valence-corrected chi connectivity index (χ1v) is 8.52. The molecule has 9 nitrogen and oxygen atoms in total. The lowest BCUT2D eigenvalue weighted by molar-refractivity contribution is -0.137. The molecule has 0 radical (unpaired) electrons. The fourth-order valence-corrected chi connectivity index (χ4v) is 2.40. The maximum Gasteiger partial charge on any atom is 0.437 e. The second-order valence-corrected chi connectivity index (χ2v) is 5.91. The molecule has 0 saturated carbocycles. The van der Waals surface area contributed by atoms with E-state index in [1.807, 2.05) is 0 Å². The van der Waals surface area contributed by atoms with Crippen LogP contribution >= 0.6 is 0 Å². The minimum Gasteiger partial charge on any atom is -0.489 e. The summed E-state index contributed by atoms with van der Waals surface area (Å²) in [6, 6.07) is 5.71. The van der Waals surface area contributed by atoms with E-state index in [1.165, 1.54) is 19.4 Å². The lowest BCUT2D eigenvalue weighted by Crippen LogP contribution is -2.26. The van der Waals surface area contributed by atoms with Crippen LogP contribution in [0.15, 0.2) is 50.2 Å². The molecule has 3 aromatic rings. The molecule has 0 unspecified atom stereocenters. The van der Waals surface area contributed by atoms with Crippen molar-refractivity contribution in [3.05, 3.63) is 52.7 Å². The number of hydrogen-bond acceptors (Lipinski definition) is 7. The standard InChI is InChI=1S/C18H16F3N3O6/c1-27-7-8-29-13-5-4-11(18(19,20)21)9-12(13)22-15(25)10-24-17(26)30-16(23-24)14-3-2-6-28-14/h2-6,9H,7-8,10H2,1H3,(H,22,25). The van der Waals surface area contributed by atoms with E-state index in [0.29, 0.717) is 4.68 Å². The quantitative estimate of drug-likeness (QED) is 0.551. The van der Waals surface area contributed by atoms with Crippen LogP contribution < -0.4 is 15.8 Å². The number of nitrogens with zero attached hydrogens (tertiary/aromatic N) is 2. The van der Waals surface area contributed by atoms with Crippen molar-refractivity contribution in [2.24, 2.45) is 0 Å². The summed E-state index contributed by atoms with van der Waals surface area (Å²) in [6.45, 7) is -0.352. The lowest BCUT2D eigenvalue weighted by atomic mass is 10.1. The van der Waals surface area contributed by atoms with Crippen LogP contribution in [0, 0.1) is 0 Å². The third-order valence-electron chi connectivity index (χ3n) is 3.76. The molecule has 0 bridgehead atoms. The highest BCUT2D eigenvalue weighted by Gasteiger charge is 2.31. The zero-order chi connectivity index (χ0) is 21.7. The Balaban J connectivity index is 1.78. The largest absolute Gasteiger partial charge is 0.489 e. The molecule has 1 aromatic carbocycles. The number of carbonyl (C=O) groups is 1. The number of amides is 1. The number of halogens is 3. The van der Waals surface area contributed by atoms with Gasteiger partial charge in [-0.25, -0.2) is 4.79 Å². The number of aromatic nitrogens is 2. The third kappa shape index (κ3) is 5.08. The summed E-state index contributed by atoms with van der Waals surface area (Å²) < 4.78 is 59.9. The number of furan rings is 1. The highest BCUT2D eigenvalue weighted by molar-refractivity contribution is 5.92. The number of anilines is 1. The van der Waals surface area contributed by atoms with E-state index in [9.17, 15) is 22.8 Å². The number of nitrogens with one attached hydrogen (secondary N) is 1. The first kappa shape index (κ1) is 21.2. The minimum absolute atomic E-state index is 0.0113. The normalized spacial score (nSPS) is 11.5. The van der Waals surface area contributed by atoms with Crippen molar-refractivity contribution in [1.29, 1.82) is 0 Å². The van der Waals surface area contributed by atoms with Gasteiger partial charge in [0.05, 0.1) is 24.1 Å². The van der Waals surface area contributed by atoms with E-state index < -0.39 is 29.9 Å². The number of rotatable bonds is 8. The highest BCUT2D eigenvalue weighted by atomic mass is 19.4. The Hall–Kier alpha value is -3.54. The predicted molar refractivity (Wildman–Crippen MR) is 95.9 cm³/mol. The lowest BCUT2D eigenvalue weighted by Gasteiger charge is -2.15. The van der Waals surface area contributed by atoms with Gasteiger partial charge in [0.1, 0.15) is 18.9 Å². The maximum absolute atomic E-state index is 13.0. The summed E-state index contributed by atoms with van der Waals surface area (Å²) in [4.78, 5) is 24.2. The van der Waals surface area contributed by atoms with Crippen LogP contribution in [-0.2, 0) is 22.3 Å². The SMILES string of the molecule is COCCOc1ccc(C(F)(F)F)cc1NC(=O)Cn1nc(-c2ccco2)oc1=O. The summed E-state index contributed by atoms with van der Waals surface area (Å²) in [7, 11) is 1.44. The monoisotopic (exact) mass is 427 g/mol. The maximum atomic E-state index is 13.0. The van der Waals surface area contributed by atoms with E-state index in [4.69, 9.17) is 18.3 Å². The van der Waals surface area contributed by atoms with Gasteiger partial charge >= 0.3 is 11.9 Å². The number of benzene rings is 1. The van der Waals surface area contributed by atoms with Crippen molar-refractivity contribution in [3.8, 4) is 17.4 Å². The van der Waals surface area contributed by atoms with E-state index in [1.54, 1.807) is 6.07 Å². The van der Waals surface area contributed by atoms with Gasteiger partial charge in [0, 0.05) is 7.11 Å². The summed E-state index contributed by atoms with van der Waals surface area (Å²) in [6.07, 6.45) is -3.27. The number of methoxy groups -OCH3 is 1. The Morgan fingerprint density at radius 3 is 2.73 bits per heavy atom. The summed E-state index contributed by atoms with van der Waals surface area (Å²) in [5.74, 6) is -1.69. The van der Waals surface area contributed by atoms with Crippen LogP contribution in [0.3, 0.4) is 0 Å². The van der Waals surface area contributed by atoms with Crippen LogP contribution in [0.25, 0.3) is 11.7 Å².